The molecule has 0 aromatic heterocycles. The van der Waals surface area contributed by atoms with E-state index >= 15 is 0 Å². The number of anilines is 3. The number of carbonyl (C=O) groups is 2. The van der Waals surface area contributed by atoms with Crippen LogP contribution in [0.4, 0.5) is 17.1 Å². The molecule has 0 aliphatic carbocycles. The fourth-order valence-electron chi connectivity index (χ4n) is 4.62. The fraction of sp³-hybridized carbons (Fsp3) is 0.161. The van der Waals surface area contributed by atoms with Crippen molar-refractivity contribution in [2.45, 2.75) is 25.8 Å². The van der Waals surface area contributed by atoms with Gasteiger partial charge in [-0.15, -0.1) is 0 Å². The summed E-state index contributed by atoms with van der Waals surface area (Å²) in [5, 5.41) is 2.81. The molecular formula is C31H28N2O4. The highest BCUT2D eigenvalue weighted by molar-refractivity contribution is 5.94. The van der Waals surface area contributed by atoms with E-state index in [2.05, 4.69) is 36.2 Å². The van der Waals surface area contributed by atoms with E-state index in [0.717, 1.165) is 22.5 Å². The number of hydrogen-bond acceptors (Lipinski definition) is 5. The molecule has 0 saturated heterocycles. The van der Waals surface area contributed by atoms with Gasteiger partial charge < -0.3 is 19.7 Å². The van der Waals surface area contributed by atoms with Crippen LogP contribution >= 0.6 is 0 Å². The first-order valence-electron chi connectivity index (χ1n) is 12.3. The molecule has 0 saturated carbocycles. The van der Waals surface area contributed by atoms with Crippen molar-refractivity contribution in [3.05, 3.63) is 114 Å². The van der Waals surface area contributed by atoms with E-state index in [9.17, 15) is 9.59 Å². The smallest absolute Gasteiger partial charge is 0.318 e. The number of para-hydroxylation sites is 3. The Balaban J connectivity index is 1.24. The van der Waals surface area contributed by atoms with E-state index in [1.807, 2.05) is 91.0 Å². The van der Waals surface area contributed by atoms with Gasteiger partial charge >= 0.3 is 5.97 Å². The van der Waals surface area contributed by atoms with Gasteiger partial charge in [0, 0.05) is 34.2 Å². The van der Waals surface area contributed by atoms with E-state index < -0.39 is 17.8 Å². The second kappa shape index (κ2) is 10.6. The van der Waals surface area contributed by atoms with Gasteiger partial charge in [0.2, 0.25) is 0 Å². The predicted octanol–water partition coefficient (Wildman–Crippen LogP) is 6.65. The summed E-state index contributed by atoms with van der Waals surface area (Å²) in [4.78, 5) is 28.0. The van der Waals surface area contributed by atoms with Gasteiger partial charge in [-0.1, -0.05) is 54.6 Å². The lowest BCUT2D eigenvalue weighted by molar-refractivity contribution is -0.148. The summed E-state index contributed by atoms with van der Waals surface area (Å²) in [6.45, 7) is 3.88. The maximum absolute atomic E-state index is 13.1. The van der Waals surface area contributed by atoms with Gasteiger partial charge in [0.1, 0.15) is 17.4 Å². The van der Waals surface area contributed by atoms with Gasteiger partial charge in [-0.2, -0.15) is 0 Å². The van der Waals surface area contributed by atoms with Crippen molar-refractivity contribution in [2.24, 2.45) is 0 Å². The van der Waals surface area contributed by atoms with Crippen LogP contribution in [-0.4, -0.2) is 24.5 Å². The number of amides is 1. The van der Waals surface area contributed by atoms with Crippen molar-refractivity contribution in [3.8, 4) is 11.5 Å². The Kier molecular flexibility index (Phi) is 6.90. The highest BCUT2D eigenvalue weighted by Gasteiger charge is 2.33. The zero-order valence-electron chi connectivity index (χ0n) is 20.8. The number of nitrogens with zero attached hydrogens (tertiary/aromatic N) is 1. The second-order valence-corrected chi connectivity index (χ2v) is 9.11. The molecule has 0 unspecified atom stereocenters. The lowest BCUT2D eigenvalue weighted by atomic mass is 9.88. The lowest BCUT2D eigenvalue weighted by Gasteiger charge is -2.29. The number of ether oxygens (including phenoxy) is 2. The van der Waals surface area contributed by atoms with Crippen LogP contribution < -0.4 is 15.0 Å². The van der Waals surface area contributed by atoms with Crippen molar-refractivity contribution >= 4 is 28.9 Å². The van der Waals surface area contributed by atoms with Gasteiger partial charge in [-0.05, 0) is 62.4 Å². The van der Waals surface area contributed by atoms with Gasteiger partial charge in [-0.3, -0.25) is 9.59 Å². The number of esters is 1. The number of nitrogens with one attached hydrogen (secondary N) is 1. The maximum atomic E-state index is 13.1. The molecule has 0 bridgehead atoms. The van der Waals surface area contributed by atoms with Gasteiger partial charge in [0.25, 0.3) is 5.91 Å². The Bertz CT molecular complexity index is 1350. The quantitative estimate of drug-likeness (QED) is 0.293. The second-order valence-electron chi connectivity index (χ2n) is 9.11. The first-order valence-corrected chi connectivity index (χ1v) is 12.3. The first kappa shape index (κ1) is 24.1. The molecule has 6 nitrogen and oxygen atoms in total. The third-order valence-electron chi connectivity index (χ3n) is 6.24. The molecule has 4 aromatic carbocycles. The molecule has 0 spiro atoms. The maximum Gasteiger partial charge on any atom is 0.318 e. The zero-order chi connectivity index (χ0) is 25.8. The third kappa shape index (κ3) is 5.19. The average molecular weight is 493 g/mol. The Morgan fingerprint density at radius 2 is 1.32 bits per heavy atom. The standard InChI is InChI=1S/C31H28N2O4/c1-21(2)33(23-10-4-3-5-11-23)24-18-16-22(17-19-24)32-29(34)20-36-31(35)30-25-12-6-8-14-27(25)37-28-15-9-7-13-26(28)30/h3-19,21,30H,20H2,1-2H3,(H,32,34). The Labute approximate surface area is 216 Å². The number of fused-ring (bicyclic) bond motifs is 2. The summed E-state index contributed by atoms with van der Waals surface area (Å²) in [6, 6.07) is 32.8. The van der Waals surface area contributed by atoms with E-state index in [-0.39, 0.29) is 12.6 Å². The normalized spacial score (nSPS) is 12.2. The summed E-state index contributed by atoms with van der Waals surface area (Å²) in [6.07, 6.45) is 0. The number of rotatable bonds is 7. The Hall–Kier alpha value is -4.58. The van der Waals surface area contributed by atoms with Gasteiger partial charge in [-0.25, -0.2) is 0 Å². The monoisotopic (exact) mass is 492 g/mol. The third-order valence-corrected chi connectivity index (χ3v) is 6.24. The molecular weight excluding hydrogens is 464 g/mol. The van der Waals surface area contributed by atoms with Crippen molar-refractivity contribution in [2.75, 3.05) is 16.8 Å². The summed E-state index contributed by atoms with van der Waals surface area (Å²) < 4.78 is 11.4. The van der Waals surface area contributed by atoms with E-state index in [1.165, 1.54) is 0 Å². The molecule has 1 heterocycles. The van der Waals surface area contributed by atoms with Crippen LogP contribution in [0.15, 0.2) is 103 Å². The van der Waals surface area contributed by atoms with Crippen LogP contribution in [-0.2, 0) is 14.3 Å². The van der Waals surface area contributed by atoms with Gasteiger partial charge in [0.15, 0.2) is 6.61 Å². The largest absolute Gasteiger partial charge is 0.457 e. The summed E-state index contributed by atoms with van der Waals surface area (Å²) in [7, 11) is 0. The van der Waals surface area contributed by atoms with Crippen LogP contribution in [0.5, 0.6) is 11.5 Å². The fourth-order valence-corrected chi connectivity index (χ4v) is 4.62. The molecule has 37 heavy (non-hydrogen) atoms. The van der Waals surface area contributed by atoms with Crippen molar-refractivity contribution in [1.29, 1.82) is 0 Å². The van der Waals surface area contributed by atoms with Crippen LogP contribution in [0, 0.1) is 0 Å². The van der Waals surface area contributed by atoms with Crippen LogP contribution in [0.1, 0.15) is 30.9 Å². The highest BCUT2D eigenvalue weighted by Crippen LogP contribution is 2.44. The Morgan fingerprint density at radius 1 is 0.784 bits per heavy atom. The van der Waals surface area contributed by atoms with E-state index in [0.29, 0.717) is 17.2 Å². The molecule has 0 atom stereocenters. The number of benzene rings is 4. The molecule has 1 aliphatic rings. The number of carbonyl (C=O) groups excluding carboxylic acids is 2. The van der Waals surface area contributed by atoms with Crippen LogP contribution in [0.25, 0.3) is 0 Å². The van der Waals surface area contributed by atoms with E-state index in [4.69, 9.17) is 9.47 Å². The molecule has 1 N–H and O–H groups in total. The summed E-state index contributed by atoms with van der Waals surface area (Å²) in [5.41, 5.74) is 4.17. The molecule has 6 heteroatoms. The minimum Gasteiger partial charge on any atom is -0.457 e. The highest BCUT2D eigenvalue weighted by atomic mass is 16.5. The lowest BCUT2D eigenvalue weighted by Crippen LogP contribution is -2.26. The van der Waals surface area contributed by atoms with Gasteiger partial charge in [0.05, 0.1) is 0 Å². The zero-order valence-corrected chi connectivity index (χ0v) is 20.8. The molecule has 0 radical (unpaired) electrons. The molecule has 5 rings (SSSR count). The summed E-state index contributed by atoms with van der Waals surface area (Å²) >= 11 is 0. The Morgan fingerprint density at radius 3 is 1.92 bits per heavy atom. The van der Waals surface area contributed by atoms with Crippen LogP contribution in [0.3, 0.4) is 0 Å². The predicted molar refractivity (Wildman–Crippen MR) is 145 cm³/mol. The molecule has 1 amide bonds. The molecule has 186 valence electrons. The van der Waals surface area contributed by atoms with E-state index in [1.54, 1.807) is 0 Å². The molecule has 0 fully saturated rings. The van der Waals surface area contributed by atoms with Crippen LogP contribution in [0.2, 0.25) is 0 Å². The van der Waals surface area contributed by atoms with Crippen molar-refractivity contribution < 1.29 is 19.1 Å². The van der Waals surface area contributed by atoms with Crippen molar-refractivity contribution in [1.82, 2.24) is 0 Å². The van der Waals surface area contributed by atoms with Crippen molar-refractivity contribution in [3.63, 3.8) is 0 Å². The first-order chi connectivity index (χ1) is 18.0. The SMILES string of the molecule is CC(C)N(c1ccccc1)c1ccc(NC(=O)COC(=O)C2c3ccccc3Oc3ccccc32)cc1. The molecule has 4 aromatic rings. The topological polar surface area (TPSA) is 67.9 Å². The minimum atomic E-state index is -0.659. The minimum absolute atomic E-state index is 0.253. The average Bonchev–Trinajstić information content (AvgIpc) is 2.92. The number of hydrogen-bond donors (Lipinski definition) is 1. The molecule has 1 aliphatic heterocycles. The summed E-state index contributed by atoms with van der Waals surface area (Å²) in [5.74, 6) is -0.340.